The third-order valence-electron chi connectivity index (χ3n) is 1.52. The Morgan fingerprint density at radius 2 is 2.00 bits per heavy atom. The Balaban J connectivity index is 4.17. The fraction of sp³-hybridized carbons (Fsp3) is 0.444. The summed E-state index contributed by atoms with van der Waals surface area (Å²) in [5, 5.41) is 0. The quantitative estimate of drug-likeness (QED) is 0.270. The summed E-state index contributed by atoms with van der Waals surface area (Å²) in [6, 6.07) is 0. The molecule has 72 valence electrons. The maximum absolute atomic E-state index is 10.9. The molecular weight excluding hydrogens is 172 g/mol. The van der Waals surface area contributed by atoms with E-state index in [1.165, 1.54) is 13.8 Å². The van der Waals surface area contributed by atoms with Crippen LogP contribution in [-0.2, 0) is 19.1 Å². The molecule has 0 aromatic rings. The van der Waals surface area contributed by atoms with Crippen molar-refractivity contribution in [3.8, 4) is 0 Å². The molecule has 0 aromatic heterocycles. The predicted octanol–water partition coefficient (Wildman–Crippen LogP) is 0.510. The van der Waals surface area contributed by atoms with Crippen molar-refractivity contribution in [2.45, 2.75) is 13.8 Å². The van der Waals surface area contributed by atoms with E-state index in [9.17, 15) is 14.4 Å². The minimum Gasteiger partial charge on any atom is -0.461 e. The molecule has 0 saturated heterocycles. The van der Waals surface area contributed by atoms with Gasteiger partial charge in [-0.15, -0.1) is 0 Å². The Hall–Kier alpha value is -1.45. The van der Waals surface area contributed by atoms with E-state index in [-0.39, 0.29) is 12.9 Å². The Morgan fingerprint density at radius 3 is 2.38 bits per heavy atom. The van der Waals surface area contributed by atoms with Crippen molar-refractivity contribution in [1.29, 1.82) is 0 Å². The molecule has 0 rings (SSSR count). The van der Waals surface area contributed by atoms with Crippen LogP contribution in [0, 0.1) is 5.41 Å². The Labute approximate surface area is 76.6 Å². The zero-order valence-corrected chi connectivity index (χ0v) is 7.70. The monoisotopic (exact) mass is 184 g/mol. The van der Waals surface area contributed by atoms with Gasteiger partial charge in [-0.25, -0.2) is 4.79 Å². The first-order valence-corrected chi connectivity index (χ1v) is 3.73. The lowest BCUT2D eigenvalue weighted by atomic mass is 9.90. The van der Waals surface area contributed by atoms with Crippen LogP contribution < -0.4 is 0 Å². The molecule has 0 bridgehead atoms. The van der Waals surface area contributed by atoms with Gasteiger partial charge in [-0.1, -0.05) is 6.58 Å². The first-order valence-electron chi connectivity index (χ1n) is 3.73. The summed E-state index contributed by atoms with van der Waals surface area (Å²) in [6.45, 7) is 6.14. The average molecular weight is 184 g/mol. The van der Waals surface area contributed by atoms with Gasteiger partial charge in [0, 0.05) is 6.08 Å². The van der Waals surface area contributed by atoms with Gasteiger partial charge in [-0.05, 0) is 13.8 Å². The maximum Gasteiger partial charge on any atom is 0.330 e. The highest BCUT2D eigenvalue weighted by atomic mass is 16.5. The van der Waals surface area contributed by atoms with Crippen LogP contribution in [0.5, 0.6) is 0 Å². The van der Waals surface area contributed by atoms with E-state index >= 15 is 0 Å². The predicted molar refractivity (Wildman–Crippen MR) is 46.0 cm³/mol. The van der Waals surface area contributed by atoms with E-state index in [1.54, 1.807) is 0 Å². The summed E-state index contributed by atoms with van der Waals surface area (Å²) in [5.41, 5.74) is -0.958. The Morgan fingerprint density at radius 1 is 1.46 bits per heavy atom. The first kappa shape index (κ1) is 11.6. The number of hydrogen-bond acceptors (Lipinski definition) is 4. The molecule has 0 unspecified atom stereocenters. The molecule has 13 heavy (non-hydrogen) atoms. The van der Waals surface area contributed by atoms with Gasteiger partial charge in [0.2, 0.25) is 5.78 Å². The van der Waals surface area contributed by atoms with Crippen LogP contribution in [0.4, 0.5) is 0 Å². The van der Waals surface area contributed by atoms with Gasteiger partial charge in [0.25, 0.3) is 0 Å². The standard InChI is InChI=1S/C9H12O4/c1-4-8(12)13-6-9(2,3)7(11)5-10/h4-5H,1,6H2,2-3H3. The molecule has 0 N–H and O–H groups in total. The van der Waals surface area contributed by atoms with Crippen LogP contribution in [0.15, 0.2) is 12.7 Å². The maximum atomic E-state index is 10.9. The van der Waals surface area contributed by atoms with Gasteiger partial charge in [0.05, 0.1) is 5.41 Å². The van der Waals surface area contributed by atoms with Crippen LogP contribution in [-0.4, -0.2) is 24.6 Å². The number of carbonyl (C=O) groups is 3. The van der Waals surface area contributed by atoms with Gasteiger partial charge in [-0.3, -0.25) is 9.59 Å². The number of ether oxygens (including phenoxy) is 1. The zero-order valence-electron chi connectivity index (χ0n) is 7.70. The minimum absolute atomic E-state index is 0.116. The van der Waals surface area contributed by atoms with Gasteiger partial charge in [-0.2, -0.15) is 0 Å². The SMILES string of the molecule is C=CC(=O)OCC(C)(C)C(=O)C=O. The molecular formula is C9H12O4. The zero-order chi connectivity index (χ0) is 10.5. The number of carbonyl (C=O) groups excluding carboxylic acids is 3. The molecule has 0 aliphatic heterocycles. The van der Waals surface area contributed by atoms with Gasteiger partial charge in [0.1, 0.15) is 6.61 Å². The molecule has 4 heteroatoms. The lowest BCUT2D eigenvalue weighted by Crippen LogP contribution is -2.31. The van der Waals surface area contributed by atoms with Crippen molar-refractivity contribution < 1.29 is 19.1 Å². The van der Waals surface area contributed by atoms with Crippen molar-refractivity contribution >= 4 is 18.0 Å². The molecule has 0 aliphatic rings. The molecule has 0 atom stereocenters. The third-order valence-corrected chi connectivity index (χ3v) is 1.52. The summed E-state index contributed by atoms with van der Waals surface area (Å²) < 4.78 is 4.64. The van der Waals surface area contributed by atoms with E-state index in [0.717, 1.165) is 6.08 Å². The summed E-state index contributed by atoms with van der Waals surface area (Å²) >= 11 is 0. The van der Waals surface area contributed by atoms with E-state index in [2.05, 4.69) is 11.3 Å². The number of Topliss-reactive ketones (excluding diaryl/α,β-unsaturated/α-hetero) is 1. The van der Waals surface area contributed by atoms with Crippen LogP contribution in [0.1, 0.15) is 13.8 Å². The number of hydrogen-bond donors (Lipinski definition) is 0. The van der Waals surface area contributed by atoms with Gasteiger partial charge < -0.3 is 4.74 Å². The van der Waals surface area contributed by atoms with E-state index in [0.29, 0.717) is 0 Å². The van der Waals surface area contributed by atoms with Crippen LogP contribution in [0.25, 0.3) is 0 Å². The molecule has 0 aromatic carbocycles. The largest absolute Gasteiger partial charge is 0.461 e. The van der Waals surface area contributed by atoms with Crippen molar-refractivity contribution in [1.82, 2.24) is 0 Å². The lowest BCUT2D eigenvalue weighted by molar-refractivity contribution is -0.146. The Bertz CT molecular complexity index is 240. The second-order valence-electron chi connectivity index (χ2n) is 3.18. The smallest absolute Gasteiger partial charge is 0.330 e. The van der Waals surface area contributed by atoms with Crippen molar-refractivity contribution in [3.05, 3.63) is 12.7 Å². The van der Waals surface area contributed by atoms with Crippen LogP contribution in [0.3, 0.4) is 0 Å². The summed E-state index contributed by atoms with van der Waals surface area (Å²) in [4.78, 5) is 31.7. The van der Waals surface area contributed by atoms with Crippen LogP contribution >= 0.6 is 0 Å². The molecule has 0 saturated carbocycles. The first-order chi connectivity index (χ1) is 5.94. The highest BCUT2D eigenvalue weighted by Crippen LogP contribution is 2.15. The fourth-order valence-electron chi connectivity index (χ4n) is 0.541. The van der Waals surface area contributed by atoms with E-state index in [4.69, 9.17) is 0 Å². The summed E-state index contributed by atoms with van der Waals surface area (Å²) in [5.74, 6) is -1.20. The third kappa shape index (κ3) is 3.64. The molecule has 4 nitrogen and oxygen atoms in total. The Kier molecular flexibility index (Phi) is 4.04. The summed E-state index contributed by atoms with van der Waals surface area (Å²) in [7, 11) is 0. The second-order valence-corrected chi connectivity index (χ2v) is 3.18. The van der Waals surface area contributed by atoms with Crippen molar-refractivity contribution in [2.24, 2.45) is 5.41 Å². The number of rotatable bonds is 5. The number of esters is 1. The number of ketones is 1. The van der Waals surface area contributed by atoms with Gasteiger partial charge >= 0.3 is 5.97 Å². The van der Waals surface area contributed by atoms with E-state index in [1.807, 2.05) is 0 Å². The minimum atomic E-state index is -0.958. The molecule has 0 heterocycles. The highest BCUT2D eigenvalue weighted by molar-refractivity contribution is 6.27. The molecule has 0 fully saturated rings. The molecule has 0 aliphatic carbocycles. The topological polar surface area (TPSA) is 60.4 Å². The molecule has 0 amide bonds. The lowest BCUT2D eigenvalue weighted by Gasteiger charge is -2.18. The summed E-state index contributed by atoms with van der Waals surface area (Å²) in [6.07, 6.45) is 1.23. The van der Waals surface area contributed by atoms with Gasteiger partial charge in [0.15, 0.2) is 6.29 Å². The fourth-order valence-corrected chi connectivity index (χ4v) is 0.541. The normalized spacial score (nSPS) is 10.3. The average Bonchev–Trinajstić information content (AvgIpc) is 2.12. The molecule has 0 spiro atoms. The highest BCUT2D eigenvalue weighted by Gasteiger charge is 2.28. The molecule has 0 radical (unpaired) electrons. The second kappa shape index (κ2) is 4.54. The van der Waals surface area contributed by atoms with Crippen molar-refractivity contribution in [3.63, 3.8) is 0 Å². The van der Waals surface area contributed by atoms with Crippen molar-refractivity contribution in [2.75, 3.05) is 6.61 Å². The van der Waals surface area contributed by atoms with E-state index < -0.39 is 17.2 Å². The van der Waals surface area contributed by atoms with Crippen LogP contribution in [0.2, 0.25) is 0 Å². The number of aldehydes is 1.